The molecule has 4 heteroatoms. The highest BCUT2D eigenvalue weighted by atomic mass is 32.1. The average Bonchev–Trinajstić information content (AvgIpc) is 3.39. The fraction of sp³-hybridized carbons (Fsp3) is 0.138. The van der Waals surface area contributed by atoms with Gasteiger partial charge in [0.05, 0.1) is 11.4 Å². The lowest BCUT2D eigenvalue weighted by molar-refractivity contribution is 0.102. The van der Waals surface area contributed by atoms with E-state index < -0.39 is 6.10 Å². The number of aliphatic hydroxyl groups excluding tert-OH is 1. The molecule has 2 heterocycles. The average molecular weight is 450 g/mol. The van der Waals surface area contributed by atoms with Crippen molar-refractivity contribution in [1.29, 1.82) is 0 Å². The molecular formula is C29H23NO2S. The summed E-state index contributed by atoms with van der Waals surface area (Å²) in [5.74, 6) is -0.0940. The normalized spacial score (nSPS) is 19.4. The molecule has 1 aliphatic heterocycles. The van der Waals surface area contributed by atoms with E-state index in [1.54, 1.807) is 17.4 Å². The van der Waals surface area contributed by atoms with E-state index in [4.69, 9.17) is 0 Å². The lowest BCUT2D eigenvalue weighted by atomic mass is 9.74. The van der Waals surface area contributed by atoms with Gasteiger partial charge in [-0.25, -0.2) is 0 Å². The number of hydrogen-bond donors (Lipinski definition) is 1. The highest BCUT2D eigenvalue weighted by molar-refractivity contribution is 7.17. The Balaban J connectivity index is 1.45. The lowest BCUT2D eigenvalue weighted by Crippen LogP contribution is -2.30. The zero-order valence-electron chi connectivity index (χ0n) is 18.4. The van der Waals surface area contributed by atoms with Crippen LogP contribution in [0.2, 0.25) is 0 Å². The van der Waals surface area contributed by atoms with E-state index in [2.05, 4.69) is 73.3 Å². The second kappa shape index (κ2) is 7.27. The van der Waals surface area contributed by atoms with Gasteiger partial charge in [0, 0.05) is 21.4 Å². The highest BCUT2D eigenvalue weighted by Crippen LogP contribution is 2.53. The van der Waals surface area contributed by atoms with Crippen LogP contribution in [0.4, 0.5) is 16.4 Å². The van der Waals surface area contributed by atoms with Crippen LogP contribution in [0.1, 0.15) is 51.9 Å². The van der Waals surface area contributed by atoms with Crippen molar-refractivity contribution in [2.75, 3.05) is 4.90 Å². The molecule has 1 aliphatic carbocycles. The first-order valence-corrected chi connectivity index (χ1v) is 11.9. The predicted molar refractivity (Wildman–Crippen MR) is 135 cm³/mol. The number of ketones is 1. The van der Waals surface area contributed by atoms with Gasteiger partial charge in [-0.05, 0) is 47.0 Å². The quantitative estimate of drug-likeness (QED) is 0.330. The van der Waals surface area contributed by atoms with Crippen molar-refractivity contribution in [3.8, 4) is 0 Å². The number of rotatable bonds is 2. The summed E-state index contributed by atoms with van der Waals surface area (Å²) in [4.78, 5) is 16.1. The molecule has 1 aromatic heterocycles. The van der Waals surface area contributed by atoms with Gasteiger partial charge in [0.2, 0.25) is 0 Å². The minimum absolute atomic E-state index is 0.0940. The van der Waals surface area contributed by atoms with E-state index >= 15 is 0 Å². The van der Waals surface area contributed by atoms with Crippen molar-refractivity contribution in [3.05, 3.63) is 118 Å². The molecule has 0 saturated carbocycles. The molecule has 33 heavy (non-hydrogen) atoms. The van der Waals surface area contributed by atoms with Crippen molar-refractivity contribution >= 4 is 39.6 Å². The Kier molecular flexibility index (Phi) is 4.44. The van der Waals surface area contributed by atoms with Gasteiger partial charge in [-0.1, -0.05) is 74.5 Å². The molecule has 2 aliphatic rings. The van der Waals surface area contributed by atoms with E-state index in [-0.39, 0.29) is 11.2 Å². The molecule has 0 amide bonds. The number of anilines is 3. The molecular weight excluding hydrogens is 426 g/mol. The molecule has 0 radical (unpaired) electrons. The van der Waals surface area contributed by atoms with Crippen LogP contribution in [-0.2, 0) is 5.41 Å². The molecule has 3 aromatic carbocycles. The maximum Gasteiger partial charge on any atom is 0.192 e. The van der Waals surface area contributed by atoms with Gasteiger partial charge in [-0.3, -0.25) is 4.79 Å². The molecule has 0 saturated heterocycles. The Morgan fingerprint density at radius 1 is 0.848 bits per heavy atom. The van der Waals surface area contributed by atoms with E-state index in [9.17, 15) is 9.90 Å². The van der Waals surface area contributed by atoms with Crippen molar-refractivity contribution < 1.29 is 9.90 Å². The second-order valence-electron chi connectivity index (χ2n) is 9.09. The fourth-order valence-electron chi connectivity index (χ4n) is 5.13. The fourth-order valence-corrected chi connectivity index (χ4v) is 6.12. The topological polar surface area (TPSA) is 40.5 Å². The maximum absolute atomic E-state index is 12.9. The second-order valence-corrected chi connectivity index (χ2v) is 10.2. The molecule has 0 bridgehead atoms. The van der Waals surface area contributed by atoms with Crippen LogP contribution in [0, 0.1) is 0 Å². The van der Waals surface area contributed by atoms with Crippen molar-refractivity contribution in [3.63, 3.8) is 0 Å². The summed E-state index contributed by atoms with van der Waals surface area (Å²) in [7, 11) is 0. The van der Waals surface area contributed by atoms with Crippen molar-refractivity contribution in [2.45, 2.75) is 25.4 Å². The Morgan fingerprint density at radius 2 is 1.45 bits per heavy atom. The molecule has 3 nitrogen and oxygen atoms in total. The Morgan fingerprint density at radius 3 is 2.12 bits per heavy atom. The van der Waals surface area contributed by atoms with Crippen LogP contribution in [0.15, 0.2) is 90.5 Å². The number of nitrogens with zero attached hydrogens (tertiary/aromatic N) is 1. The van der Waals surface area contributed by atoms with Gasteiger partial charge in [-0.15, -0.1) is 11.3 Å². The number of Topliss-reactive ketones (excluding diaryl/α,β-unsaturated/α-hetero) is 1. The first-order chi connectivity index (χ1) is 16.0. The van der Waals surface area contributed by atoms with Crippen LogP contribution in [0.3, 0.4) is 0 Å². The highest BCUT2D eigenvalue weighted by Gasteiger charge is 2.37. The molecule has 6 rings (SSSR count). The summed E-state index contributed by atoms with van der Waals surface area (Å²) < 4.78 is 0. The number of hydrogen-bond acceptors (Lipinski definition) is 4. The number of fused-ring (bicyclic) bond motifs is 3. The summed E-state index contributed by atoms with van der Waals surface area (Å²) in [5, 5.41) is 11.8. The minimum atomic E-state index is -0.878. The molecule has 1 atom stereocenters. The van der Waals surface area contributed by atoms with Crippen LogP contribution in [0.5, 0.6) is 0 Å². The summed E-state index contributed by atoms with van der Waals surface area (Å²) >= 11 is 1.62. The number of carbonyl (C=O) groups excluding carboxylic acids is 1. The van der Waals surface area contributed by atoms with E-state index in [0.29, 0.717) is 16.7 Å². The van der Waals surface area contributed by atoms with Gasteiger partial charge in [0.1, 0.15) is 11.1 Å². The van der Waals surface area contributed by atoms with Gasteiger partial charge in [-0.2, -0.15) is 0 Å². The number of benzene rings is 3. The molecule has 0 spiro atoms. The summed E-state index contributed by atoms with van der Waals surface area (Å²) in [6.07, 6.45) is 0.962. The van der Waals surface area contributed by atoms with Gasteiger partial charge >= 0.3 is 0 Å². The van der Waals surface area contributed by atoms with Crippen LogP contribution in [-0.4, -0.2) is 10.9 Å². The Labute approximate surface area is 197 Å². The van der Waals surface area contributed by atoms with Gasteiger partial charge in [0.25, 0.3) is 0 Å². The summed E-state index contributed by atoms with van der Waals surface area (Å²) in [6.45, 7) is 4.55. The summed E-state index contributed by atoms with van der Waals surface area (Å²) in [6, 6.07) is 28.5. The summed E-state index contributed by atoms with van der Waals surface area (Å²) in [5.41, 5.74) is 6.53. The number of para-hydroxylation sites is 2. The van der Waals surface area contributed by atoms with Gasteiger partial charge < -0.3 is 10.0 Å². The van der Waals surface area contributed by atoms with Crippen molar-refractivity contribution in [2.24, 2.45) is 0 Å². The SMILES string of the molecule is CC1(C)c2ccccc2N(c2ccc(/C=C3\C(=O)c4ccccc4C3O)s2)c2ccccc21. The van der Waals surface area contributed by atoms with E-state index in [1.807, 2.05) is 30.3 Å². The number of carbonyl (C=O) groups is 1. The van der Waals surface area contributed by atoms with Crippen LogP contribution < -0.4 is 4.90 Å². The van der Waals surface area contributed by atoms with E-state index in [0.717, 1.165) is 9.88 Å². The van der Waals surface area contributed by atoms with Crippen LogP contribution in [0.25, 0.3) is 6.08 Å². The third-order valence-electron chi connectivity index (χ3n) is 6.82. The Bertz CT molecular complexity index is 1400. The molecule has 1 N–H and O–H groups in total. The van der Waals surface area contributed by atoms with Gasteiger partial charge in [0.15, 0.2) is 5.78 Å². The smallest absolute Gasteiger partial charge is 0.192 e. The Hall–Kier alpha value is -3.47. The third kappa shape index (κ3) is 2.95. The maximum atomic E-state index is 12.9. The largest absolute Gasteiger partial charge is 0.383 e. The standard InChI is InChI=1S/C29H23NO2S/c1-29(2)22-11-5-7-13-24(22)30(25-14-8-6-12-23(25)29)26-16-15-18(33-26)17-21-27(31)19-9-3-4-10-20(19)28(21)32/h3-17,27,31H,1-2H3/b21-17-. The molecule has 1 unspecified atom stereocenters. The molecule has 0 fully saturated rings. The lowest BCUT2D eigenvalue weighted by Gasteiger charge is -2.41. The first kappa shape index (κ1) is 20.2. The number of thiophene rings is 1. The zero-order valence-corrected chi connectivity index (χ0v) is 19.3. The molecule has 162 valence electrons. The van der Waals surface area contributed by atoms with Crippen LogP contribution >= 0.6 is 11.3 Å². The molecule has 4 aromatic rings. The third-order valence-corrected chi connectivity index (χ3v) is 7.84. The van der Waals surface area contributed by atoms with Crippen molar-refractivity contribution in [1.82, 2.24) is 0 Å². The van der Waals surface area contributed by atoms with E-state index in [1.165, 1.54) is 22.5 Å². The first-order valence-electron chi connectivity index (χ1n) is 11.1. The monoisotopic (exact) mass is 449 g/mol. The minimum Gasteiger partial charge on any atom is -0.383 e. The predicted octanol–water partition coefficient (Wildman–Crippen LogP) is 7.17. The number of aliphatic hydroxyl groups is 1. The zero-order chi connectivity index (χ0) is 22.7.